The molecular formula is C19H21F3N4O2. The predicted molar refractivity (Wildman–Crippen MR) is 97.3 cm³/mol. The number of aryl methyl sites for hydroxylation is 1. The first-order chi connectivity index (χ1) is 13.1. The van der Waals surface area contributed by atoms with Gasteiger partial charge in [-0.15, -0.1) is 0 Å². The molecule has 2 N–H and O–H groups in total. The number of benzene rings is 1. The number of hydrogen-bond donors (Lipinski definition) is 1. The van der Waals surface area contributed by atoms with Gasteiger partial charge in [0.25, 0.3) is 5.91 Å². The molecule has 1 aliphatic heterocycles. The summed E-state index contributed by atoms with van der Waals surface area (Å²) in [5.41, 5.74) is 3.54. The van der Waals surface area contributed by atoms with Crippen LogP contribution in [0.3, 0.4) is 0 Å². The lowest BCUT2D eigenvalue weighted by molar-refractivity contribution is -0.137. The van der Waals surface area contributed by atoms with Crippen molar-refractivity contribution >= 4 is 5.91 Å². The van der Waals surface area contributed by atoms with Crippen molar-refractivity contribution in [2.45, 2.75) is 26.4 Å². The van der Waals surface area contributed by atoms with Gasteiger partial charge in [-0.05, 0) is 37.4 Å². The average molecular weight is 394 g/mol. The molecule has 1 amide bonds. The van der Waals surface area contributed by atoms with Gasteiger partial charge in [0.05, 0.1) is 11.3 Å². The normalized spacial score (nSPS) is 19.9. The van der Waals surface area contributed by atoms with Crippen LogP contribution in [0.4, 0.5) is 13.2 Å². The van der Waals surface area contributed by atoms with E-state index in [9.17, 15) is 22.8 Å². The molecule has 2 heterocycles. The Labute approximate surface area is 159 Å². The Morgan fingerprint density at radius 1 is 1.32 bits per heavy atom. The fraction of sp³-hybridized carbons (Fsp3) is 0.421. The summed E-state index contributed by atoms with van der Waals surface area (Å²) in [6, 6.07) is 6.03. The Hall–Kier alpha value is -2.68. The summed E-state index contributed by atoms with van der Waals surface area (Å²) in [6.07, 6.45) is -3.91. The molecule has 1 aliphatic rings. The molecule has 1 atom stereocenters. The van der Waals surface area contributed by atoms with Crippen LogP contribution < -0.4 is 11.2 Å². The number of para-hydroxylation sites is 1. The first-order valence-electron chi connectivity index (χ1n) is 8.83. The highest BCUT2D eigenvalue weighted by molar-refractivity contribution is 5.92. The topological polar surface area (TPSA) is 81.2 Å². The van der Waals surface area contributed by atoms with Crippen LogP contribution in [0.1, 0.15) is 35.1 Å². The zero-order valence-corrected chi connectivity index (χ0v) is 15.6. The number of alkyl halides is 3. The summed E-state index contributed by atoms with van der Waals surface area (Å²) >= 11 is 0. The van der Waals surface area contributed by atoms with Gasteiger partial charge in [0, 0.05) is 24.8 Å². The van der Waals surface area contributed by atoms with E-state index in [4.69, 9.17) is 5.73 Å². The minimum atomic E-state index is -4.60. The van der Waals surface area contributed by atoms with E-state index in [0.717, 1.165) is 16.8 Å². The van der Waals surface area contributed by atoms with Gasteiger partial charge >= 0.3 is 6.18 Å². The van der Waals surface area contributed by atoms with Crippen molar-refractivity contribution in [1.82, 2.24) is 14.7 Å². The van der Waals surface area contributed by atoms with Crippen LogP contribution in [0.5, 0.6) is 0 Å². The van der Waals surface area contributed by atoms with E-state index in [1.807, 2.05) is 6.92 Å². The lowest BCUT2D eigenvalue weighted by Crippen LogP contribution is -2.37. The first kappa shape index (κ1) is 20.1. The number of rotatable bonds is 3. The van der Waals surface area contributed by atoms with E-state index >= 15 is 0 Å². The second kappa shape index (κ2) is 7.05. The Bertz CT molecular complexity index is 970. The minimum Gasteiger partial charge on any atom is -0.337 e. The van der Waals surface area contributed by atoms with Crippen molar-refractivity contribution < 1.29 is 18.0 Å². The second-order valence-electron chi connectivity index (χ2n) is 7.42. The molecule has 9 heteroatoms. The highest BCUT2D eigenvalue weighted by Crippen LogP contribution is 2.34. The van der Waals surface area contributed by atoms with Gasteiger partial charge in [0.2, 0.25) is 5.43 Å². The van der Waals surface area contributed by atoms with E-state index in [1.165, 1.54) is 30.0 Å². The van der Waals surface area contributed by atoms with Gasteiger partial charge in [-0.3, -0.25) is 9.59 Å². The lowest BCUT2D eigenvalue weighted by Gasteiger charge is -2.22. The van der Waals surface area contributed by atoms with Crippen molar-refractivity contribution in [2.75, 3.05) is 19.6 Å². The van der Waals surface area contributed by atoms with Crippen molar-refractivity contribution in [3.05, 3.63) is 57.5 Å². The summed E-state index contributed by atoms with van der Waals surface area (Å²) in [6.45, 7) is 4.59. The fourth-order valence-electron chi connectivity index (χ4n) is 3.35. The van der Waals surface area contributed by atoms with Gasteiger partial charge in [-0.25, -0.2) is 4.68 Å². The van der Waals surface area contributed by atoms with E-state index in [1.54, 1.807) is 0 Å². The molecule has 0 spiro atoms. The average Bonchev–Trinajstić information content (AvgIpc) is 3.04. The Kier molecular flexibility index (Phi) is 5.05. The molecule has 0 radical (unpaired) electrons. The van der Waals surface area contributed by atoms with Crippen LogP contribution in [-0.2, 0) is 6.18 Å². The van der Waals surface area contributed by atoms with Crippen LogP contribution >= 0.6 is 0 Å². The molecule has 1 unspecified atom stereocenters. The quantitative estimate of drug-likeness (QED) is 0.867. The summed E-state index contributed by atoms with van der Waals surface area (Å²) < 4.78 is 41.1. The Balaban J connectivity index is 2.06. The van der Waals surface area contributed by atoms with Gasteiger partial charge in [0.15, 0.2) is 5.69 Å². The number of hydrogen-bond acceptors (Lipinski definition) is 4. The molecule has 0 bridgehead atoms. The van der Waals surface area contributed by atoms with Gasteiger partial charge in [-0.2, -0.15) is 18.3 Å². The van der Waals surface area contributed by atoms with E-state index in [2.05, 4.69) is 5.10 Å². The molecule has 28 heavy (non-hydrogen) atoms. The van der Waals surface area contributed by atoms with Gasteiger partial charge in [0.1, 0.15) is 0 Å². The molecule has 1 aromatic heterocycles. The molecule has 2 aromatic rings. The minimum absolute atomic E-state index is 0.200. The summed E-state index contributed by atoms with van der Waals surface area (Å²) in [4.78, 5) is 26.7. The number of nitrogens with zero attached hydrogens (tertiary/aromatic N) is 3. The maximum atomic E-state index is 13.4. The number of aromatic nitrogens is 2. The first-order valence-corrected chi connectivity index (χ1v) is 8.83. The molecule has 0 aliphatic carbocycles. The molecule has 1 saturated heterocycles. The molecule has 6 nitrogen and oxygen atoms in total. The molecule has 1 fully saturated rings. The summed E-state index contributed by atoms with van der Waals surface area (Å²) in [5.74, 6) is -0.597. The van der Waals surface area contributed by atoms with Gasteiger partial charge < -0.3 is 10.6 Å². The lowest BCUT2D eigenvalue weighted by atomic mass is 9.90. The molecule has 1 aromatic carbocycles. The second-order valence-corrected chi connectivity index (χ2v) is 7.42. The number of amides is 1. The predicted octanol–water partition coefficient (Wildman–Crippen LogP) is 2.37. The van der Waals surface area contributed by atoms with Crippen LogP contribution in [0.15, 0.2) is 35.1 Å². The highest BCUT2D eigenvalue weighted by Gasteiger charge is 2.37. The van der Waals surface area contributed by atoms with Crippen molar-refractivity contribution in [3.63, 3.8) is 0 Å². The van der Waals surface area contributed by atoms with Crippen LogP contribution in [0.25, 0.3) is 5.69 Å². The summed E-state index contributed by atoms with van der Waals surface area (Å²) in [5, 5.41) is 4.02. The summed E-state index contributed by atoms with van der Waals surface area (Å²) in [7, 11) is 0. The van der Waals surface area contributed by atoms with Crippen LogP contribution in [0.2, 0.25) is 0 Å². The van der Waals surface area contributed by atoms with E-state index in [0.29, 0.717) is 26.1 Å². The standard InChI is InChI=1S/C19H21F3N4O2/c1-12-9-15(27)16(17(28)25-8-7-18(2,10-23)11-25)24-26(12)14-6-4-3-5-13(14)19(20,21)22/h3-6,9H,7-8,10-11,23H2,1-2H3. The fourth-order valence-corrected chi connectivity index (χ4v) is 3.35. The molecule has 0 saturated carbocycles. The number of nitrogens with two attached hydrogens (primary N) is 1. The molecule has 150 valence electrons. The third kappa shape index (κ3) is 3.66. The zero-order valence-electron chi connectivity index (χ0n) is 15.6. The number of carbonyl (C=O) groups is 1. The number of halogens is 3. The maximum Gasteiger partial charge on any atom is 0.418 e. The number of carbonyl (C=O) groups excluding carboxylic acids is 1. The molecular weight excluding hydrogens is 373 g/mol. The third-order valence-corrected chi connectivity index (χ3v) is 5.09. The zero-order chi connectivity index (χ0) is 20.7. The van der Waals surface area contributed by atoms with Crippen LogP contribution in [-0.4, -0.2) is 40.2 Å². The SMILES string of the molecule is Cc1cc(=O)c(C(=O)N2CCC(C)(CN)C2)nn1-c1ccccc1C(F)(F)F. The monoisotopic (exact) mass is 394 g/mol. The van der Waals surface area contributed by atoms with Gasteiger partial charge in [-0.1, -0.05) is 19.1 Å². The van der Waals surface area contributed by atoms with Crippen molar-refractivity contribution in [1.29, 1.82) is 0 Å². The third-order valence-electron chi connectivity index (χ3n) is 5.09. The van der Waals surface area contributed by atoms with Crippen molar-refractivity contribution in [2.24, 2.45) is 11.1 Å². The maximum absolute atomic E-state index is 13.4. The highest BCUT2D eigenvalue weighted by atomic mass is 19.4. The molecule has 3 rings (SSSR count). The van der Waals surface area contributed by atoms with Crippen LogP contribution in [0, 0.1) is 12.3 Å². The number of likely N-dealkylation sites (tertiary alicyclic amines) is 1. The van der Waals surface area contributed by atoms with E-state index in [-0.39, 0.29) is 16.8 Å². The van der Waals surface area contributed by atoms with Crippen molar-refractivity contribution in [3.8, 4) is 5.69 Å². The smallest absolute Gasteiger partial charge is 0.337 e. The largest absolute Gasteiger partial charge is 0.418 e. The van der Waals surface area contributed by atoms with E-state index < -0.39 is 28.8 Å². The Morgan fingerprint density at radius 3 is 2.61 bits per heavy atom. The Morgan fingerprint density at radius 2 is 2.00 bits per heavy atom.